The highest BCUT2D eigenvalue weighted by Gasteiger charge is 2.19. The number of sulfonamides is 1. The number of aliphatic hydroxyl groups is 1. The van der Waals surface area contributed by atoms with Gasteiger partial charge >= 0.3 is 0 Å². The number of piperidine rings is 1. The molecule has 0 saturated carbocycles. The van der Waals surface area contributed by atoms with E-state index in [9.17, 15) is 8.42 Å². The molecule has 0 amide bonds. The Labute approximate surface area is 127 Å². The Balaban J connectivity index is 1.86. The number of benzene rings is 1. The van der Waals surface area contributed by atoms with Gasteiger partial charge in [-0.2, -0.15) is 0 Å². The van der Waals surface area contributed by atoms with Gasteiger partial charge in [0.25, 0.3) is 0 Å². The van der Waals surface area contributed by atoms with Crippen LogP contribution in [0.25, 0.3) is 0 Å². The zero-order chi connectivity index (χ0) is 15.3. The zero-order valence-electron chi connectivity index (χ0n) is 12.5. The summed E-state index contributed by atoms with van der Waals surface area (Å²) >= 11 is 0. The largest absolute Gasteiger partial charge is 0.392 e. The molecule has 0 spiro atoms. The second kappa shape index (κ2) is 7.35. The van der Waals surface area contributed by atoms with Gasteiger partial charge in [-0.05, 0) is 43.5 Å². The summed E-state index contributed by atoms with van der Waals surface area (Å²) in [5.41, 5.74) is 1.52. The van der Waals surface area contributed by atoms with Gasteiger partial charge in [0.05, 0.1) is 12.4 Å². The number of nitrogens with zero attached hydrogens (tertiary/aromatic N) is 1. The molecule has 21 heavy (non-hydrogen) atoms. The van der Waals surface area contributed by atoms with Crippen LogP contribution in [0, 0.1) is 5.92 Å². The summed E-state index contributed by atoms with van der Waals surface area (Å²) in [6.07, 6.45) is 2.21. The highest BCUT2D eigenvalue weighted by Crippen LogP contribution is 2.15. The van der Waals surface area contributed by atoms with E-state index in [0.717, 1.165) is 37.1 Å². The van der Waals surface area contributed by atoms with E-state index in [4.69, 9.17) is 5.11 Å². The van der Waals surface area contributed by atoms with Gasteiger partial charge < -0.3 is 10.0 Å². The highest BCUT2D eigenvalue weighted by molar-refractivity contribution is 7.88. The first-order valence-electron chi connectivity index (χ1n) is 7.33. The van der Waals surface area contributed by atoms with Crippen molar-refractivity contribution < 1.29 is 13.5 Å². The molecule has 118 valence electrons. The molecule has 1 unspecified atom stereocenters. The molecule has 1 heterocycles. The molecule has 0 aromatic heterocycles. The van der Waals surface area contributed by atoms with E-state index in [2.05, 4.69) is 16.7 Å². The fraction of sp³-hybridized carbons (Fsp3) is 0.600. The summed E-state index contributed by atoms with van der Waals surface area (Å²) in [5, 5.41) is 8.98. The predicted octanol–water partition coefficient (Wildman–Crippen LogP) is 0.940. The second-order valence-electron chi connectivity index (χ2n) is 5.85. The summed E-state index contributed by atoms with van der Waals surface area (Å²) in [6, 6.07) is 7.00. The van der Waals surface area contributed by atoms with Crippen molar-refractivity contribution in [3.63, 3.8) is 0 Å². The lowest BCUT2D eigenvalue weighted by atomic mass is 9.99. The standard InChI is InChI=1S/C15H24N2O3S/c1-17-8-2-3-15(10-17)9-16-21(19,20)12-14-6-4-13(11-18)5-7-14/h4-7,15-16,18H,2-3,8-12H2,1H3. The van der Waals surface area contributed by atoms with Crippen molar-refractivity contribution in [1.29, 1.82) is 0 Å². The molecule has 1 fully saturated rings. The molecule has 0 aliphatic carbocycles. The van der Waals surface area contributed by atoms with Crippen LogP contribution in [0.1, 0.15) is 24.0 Å². The number of nitrogens with one attached hydrogen (secondary N) is 1. The van der Waals surface area contributed by atoms with Crippen LogP contribution in [-0.4, -0.2) is 45.1 Å². The molecule has 0 bridgehead atoms. The maximum absolute atomic E-state index is 12.1. The van der Waals surface area contributed by atoms with Gasteiger partial charge in [-0.3, -0.25) is 0 Å². The fourth-order valence-electron chi connectivity index (χ4n) is 2.70. The summed E-state index contributed by atoms with van der Waals surface area (Å²) in [4.78, 5) is 2.25. The summed E-state index contributed by atoms with van der Waals surface area (Å²) in [5.74, 6) is 0.386. The van der Waals surface area contributed by atoms with Gasteiger partial charge in [-0.25, -0.2) is 13.1 Å². The highest BCUT2D eigenvalue weighted by atomic mass is 32.2. The zero-order valence-corrected chi connectivity index (χ0v) is 13.3. The average molecular weight is 312 g/mol. The predicted molar refractivity (Wildman–Crippen MR) is 83.2 cm³/mol. The van der Waals surface area contributed by atoms with Gasteiger partial charge in [-0.15, -0.1) is 0 Å². The van der Waals surface area contributed by atoms with Gasteiger partial charge in [0.2, 0.25) is 10.0 Å². The Morgan fingerprint density at radius 1 is 1.29 bits per heavy atom. The molecular weight excluding hydrogens is 288 g/mol. The van der Waals surface area contributed by atoms with Crippen LogP contribution in [0.5, 0.6) is 0 Å². The minimum atomic E-state index is -3.30. The molecule has 2 rings (SSSR count). The van der Waals surface area contributed by atoms with Gasteiger partial charge in [0.15, 0.2) is 0 Å². The Kier molecular flexibility index (Phi) is 5.75. The van der Waals surface area contributed by atoms with Crippen LogP contribution in [0.4, 0.5) is 0 Å². The quantitative estimate of drug-likeness (QED) is 0.820. The monoisotopic (exact) mass is 312 g/mol. The van der Waals surface area contributed by atoms with Crippen LogP contribution < -0.4 is 4.72 Å². The van der Waals surface area contributed by atoms with Crippen molar-refractivity contribution in [1.82, 2.24) is 9.62 Å². The molecule has 6 heteroatoms. The van der Waals surface area contributed by atoms with Crippen molar-refractivity contribution in [3.8, 4) is 0 Å². The fourth-order valence-corrected chi connectivity index (χ4v) is 3.92. The van der Waals surface area contributed by atoms with Gasteiger partial charge in [0.1, 0.15) is 0 Å². The van der Waals surface area contributed by atoms with Crippen molar-refractivity contribution in [2.45, 2.75) is 25.2 Å². The maximum Gasteiger partial charge on any atom is 0.215 e. The van der Waals surface area contributed by atoms with E-state index in [1.54, 1.807) is 24.3 Å². The first-order chi connectivity index (χ1) is 9.98. The van der Waals surface area contributed by atoms with E-state index < -0.39 is 10.0 Å². The third-order valence-electron chi connectivity index (χ3n) is 3.88. The van der Waals surface area contributed by atoms with E-state index in [-0.39, 0.29) is 12.4 Å². The molecule has 1 aromatic rings. The van der Waals surface area contributed by atoms with Crippen LogP contribution in [-0.2, 0) is 22.4 Å². The van der Waals surface area contributed by atoms with Crippen molar-refractivity contribution in [3.05, 3.63) is 35.4 Å². The van der Waals surface area contributed by atoms with E-state index in [0.29, 0.717) is 12.5 Å². The normalized spacial score (nSPS) is 20.6. The molecule has 1 saturated heterocycles. The molecule has 1 atom stereocenters. The summed E-state index contributed by atoms with van der Waals surface area (Å²) < 4.78 is 26.9. The van der Waals surface area contributed by atoms with Crippen LogP contribution in [0.15, 0.2) is 24.3 Å². The Bertz CT molecular complexity index is 543. The average Bonchev–Trinajstić information content (AvgIpc) is 2.46. The lowest BCUT2D eigenvalue weighted by Crippen LogP contribution is -2.39. The number of likely N-dealkylation sites (tertiary alicyclic amines) is 1. The minimum absolute atomic E-state index is 0.0126. The van der Waals surface area contributed by atoms with Crippen LogP contribution in [0.2, 0.25) is 0 Å². The first kappa shape index (κ1) is 16.4. The molecule has 1 aliphatic heterocycles. The van der Waals surface area contributed by atoms with Gasteiger partial charge in [0, 0.05) is 13.1 Å². The summed E-state index contributed by atoms with van der Waals surface area (Å²) in [7, 11) is -1.23. The molecule has 1 aliphatic rings. The number of hydrogen-bond acceptors (Lipinski definition) is 4. The van der Waals surface area contributed by atoms with Crippen LogP contribution >= 0.6 is 0 Å². The lowest BCUT2D eigenvalue weighted by Gasteiger charge is -2.29. The van der Waals surface area contributed by atoms with Gasteiger partial charge in [-0.1, -0.05) is 24.3 Å². The number of hydrogen-bond donors (Lipinski definition) is 2. The van der Waals surface area contributed by atoms with E-state index >= 15 is 0 Å². The topological polar surface area (TPSA) is 69.6 Å². The molecule has 5 nitrogen and oxygen atoms in total. The smallest absolute Gasteiger partial charge is 0.215 e. The molecular formula is C15H24N2O3S. The SMILES string of the molecule is CN1CCCC(CNS(=O)(=O)Cc2ccc(CO)cc2)C1. The Hall–Kier alpha value is -0.950. The van der Waals surface area contributed by atoms with E-state index in [1.807, 2.05) is 0 Å². The number of aliphatic hydroxyl groups excluding tert-OH is 1. The van der Waals surface area contributed by atoms with Crippen LogP contribution in [0.3, 0.4) is 0 Å². The van der Waals surface area contributed by atoms with Crippen molar-refractivity contribution in [2.75, 3.05) is 26.7 Å². The lowest BCUT2D eigenvalue weighted by molar-refractivity contribution is 0.211. The Morgan fingerprint density at radius 2 is 1.95 bits per heavy atom. The van der Waals surface area contributed by atoms with Crippen molar-refractivity contribution in [2.24, 2.45) is 5.92 Å². The molecule has 1 aromatic carbocycles. The van der Waals surface area contributed by atoms with Crippen molar-refractivity contribution >= 4 is 10.0 Å². The third-order valence-corrected chi connectivity index (χ3v) is 5.20. The second-order valence-corrected chi connectivity index (χ2v) is 7.66. The number of rotatable bonds is 6. The maximum atomic E-state index is 12.1. The minimum Gasteiger partial charge on any atom is -0.392 e. The molecule has 0 radical (unpaired) electrons. The molecule has 2 N–H and O–H groups in total. The summed E-state index contributed by atoms with van der Waals surface area (Å²) in [6.45, 7) is 2.54. The first-order valence-corrected chi connectivity index (χ1v) is 8.98. The third kappa shape index (κ3) is 5.39. The Morgan fingerprint density at radius 3 is 2.57 bits per heavy atom. The van der Waals surface area contributed by atoms with E-state index in [1.165, 1.54) is 0 Å².